The third-order valence-electron chi connectivity index (χ3n) is 2.28. The molecule has 4 heteroatoms. The molecule has 0 aromatic carbocycles. The van der Waals surface area contributed by atoms with Gasteiger partial charge in [0, 0.05) is 16.3 Å². The zero-order valence-corrected chi connectivity index (χ0v) is 11.0. The second kappa shape index (κ2) is 4.39. The van der Waals surface area contributed by atoms with Gasteiger partial charge in [-0.15, -0.1) is 22.7 Å². The summed E-state index contributed by atoms with van der Waals surface area (Å²) in [6, 6.07) is 3.84. The summed E-state index contributed by atoms with van der Waals surface area (Å²) in [6.07, 6.45) is 0. The van der Waals surface area contributed by atoms with Crippen LogP contribution in [-0.2, 0) is 0 Å². The second-order valence-electron chi connectivity index (χ2n) is 3.55. The number of hydrogen-bond acceptors (Lipinski definition) is 4. The van der Waals surface area contributed by atoms with Crippen molar-refractivity contribution in [3.05, 3.63) is 37.7 Å². The first-order valence-electron chi connectivity index (χ1n) is 4.86. The summed E-state index contributed by atoms with van der Waals surface area (Å²) in [6.45, 7) is 3.99. The quantitative estimate of drug-likeness (QED) is 0.779. The topological polar surface area (TPSA) is 26.3 Å². The monoisotopic (exact) mass is 252 g/mol. The molecule has 0 fully saturated rings. The average molecular weight is 252 g/mol. The Hall–Kier alpha value is -1.13. The maximum Gasteiger partial charge on any atom is 0.213 e. The van der Waals surface area contributed by atoms with Crippen LogP contribution in [0.2, 0.25) is 0 Å². The number of hydrogen-bond donors (Lipinski definition) is 0. The van der Waals surface area contributed by atoms with Crippen LogP contribution < -0.4 is 4.74 Å². The summed E-state index contributed by atoms with van der Waals surface area (Å²) in [5.41, 5.74) is 1.06. The molecule has 0 amide bonds. The molecule has 2 rings (SSSR count). The normalized spacial score (nSPS) is 10.4. The van der Waals surface area contributed by atoms with E-state index in [1.807, 2.05) is 25.3 Å². The van der Waals surface area contributed by atoms with E-state index in [0.29, 0.717) is 0 Å². The molecule has 0 unspecified atom stereocenters. The predicted octanol–water partition coefficient (Wildman–Crippen LogP) is 3.67. The molecule has 0 atom stereocenters. The van der Waals surface area contributed by atoms with Gasteiger partial charge in [-0.25, -0.2) is 0 Å². The van der Waals surface area contributed by atoms with Crippen molar-refractivity contribution in [3.8, 4) is 5.75 Å². The number of aryl methyl sites for hydroxylation is 2. The lowest BCUT2D eigenvalue weighted by Gasteiger charge is -1.95. The Kier molecular flexibility index (Phi) is 3.12. The van der Waals surface area contributed by atoms with Crippen molar-refractivity contribution in [2.24, 2.45) is 0 Å². The molecule has 0 N–H and O–H groups in total. The fraction of sp³-hybridized carbons (Fsp3) is 0.250. The molecule has 0 aliphatic carbocycles. The van der Waals surface area contributed by atoms with Crippen LogP contribution in [0.5, 0.6) is 5.75 Å². The summed E-state index contributed by atoms with van der Waals surface area (Å²) in [5, 5.41) is 1.85. The first-order valence-corrected chi connectivity index (χ1v) is 6.55. The van der Waals surface area contributed by atoms with Crippen LogP contribution in [0.3, 0.4) is 0 Å². The van der Waals surface area contributed by atoms with E-state index in [1.54, 1.807) is 24.5 Å². The van der Waals surface area contributed by atoms with Gasteiger partial charge in [-0.05, 0) is 25.5 Å². The third kappa shape index (κ3) is 2.03. The van der Waals surface area contributed by atoms with Gasteiger partial charge < -0.3 is 4.74 Å². The molecule has 16 heavy (non-hydrogen) atoms. The predicted molar refractivity (Wildman–Crippen MR) is 68.1 cm³/mol. The number of ether oxygens (including phenoxy) is 1. The molecule has 0 bridgehead atoms. The fourth-order valence-electron chi connectivity index (χ4n) is 1.52. The Balaban J connectivity index is 2.35. The Morgan fingerprint density at radius 2 is 2.06 bits per heavy atom. The minimum Gasteiger partial charge on any atom is -0.496 e. The van der Waals surface area contributed by atoms with E-state index >= 15 is 0 Å². The minimum absolute atomic E-state index is 0.101. The Morgan fingerprint density at radius 1 is 1.31 bits per heavy atom. The van der Waals surface area contributed by atoms with Crippen LogP contribution in [-0.4, -0.2) is 12.9 Å². The van der Waals surface area contributed by atoms with Crippen molar-refractivity contribution in [2.45, 2.75) is 13.8 Å². The van der Waals surface area contributed by atoms with Crippen LogP contribution >= 0.6 is 22.7 Å². The largest absolute Gasteiger partial charge is 0.496 e. The van der Waals surface area contributed by atoms with Crippen molar-refractivity contribution < 1.29 is 9.53 Å². The Labute approximate surface area is 103 Å². The zero-order valence-electron chi connectivity index (χ0n) is 9.37. The lowest BCUT2D eigenvalue weighted by molar-refractivity contribution is 0.104. The van der Waals surface area contributed by atoms with Gasteiger partial charge in [-0.1, -0.05) is 0 Å². The van der Waals surface area contributed by atoms with Gasteiger partial charge >= 0.3 is 0 Å². The minimum atomic E-state index is 0.101. The first-order chi connectivity index (χ1) is 7.61. The molecule has 0 saturated carbocycles. The van der Waals surface area contributed by atoms with Gasteiger partial charge in [0.1, 0.15) is 5.75 Å². The summed E-state index contributed by atoms with van der Waals surface area (Å²) in [5.74, 6) is 0.850. The van der Waals surface area contributed by atoms with Crippen LogP contribution in [0.1, 0.15) is 25.0 Å². The summed E-state index contributed by atoms with van der Waals surface area (Å²) in [4.78, 5) is 14.9. The highest BCUT2D eigenvalue weighted by atomic mass is 32.1. The third-order valence-corrected chi connectivity index (χ3v) is 4.34. The number of thiophene rings is 2. The maximum atomic E-state index is 12.2. The number of carbonyl (C=O) groups is 1. The van der Waals surface area contributed by atoms with Gasteiger partial charge in [-0.2, -0.15) is 0 Å². The van der Waals surface area contributed by atoms with Crippen molar-refractivity contribution in [1.29, 1.82) is 0 Å². The van der Waals surface area contributed by atoms with Gasteiger partial charge in [0.05, 0.1) is 16.9 Å². The van der Waals surface area contributed by atoms with Crippen molar-refractivity contribution in [1.82, 2.24) is 0 Å². The van der Waals surface area contributed by atoms with Gasteiger partial charge in [-0.3, -0.25) is 4.79 Å². The van der Waals surface area contributed by atoms with E-state index in [9.17, 15) is 4.79 Å². The molecule has 2 nitrogen and oxygen atoms in total. The van der Waals surface area contributed by atoms with E-state index < -0.39 is 0 Å². The standard InChI is InChI=1S/C12H12O2S2/c1-7-4-8(2)16-12(7)11(13)10-5-9(14-3)6-15-10/h4-6H,1-3H3. The van der Waals surface area contributed by atoms with E-state index in [-0.39, 0.29) is 5.78 Å². The van der Waals surface area contributed by atoms with Crippen LogP contribution in [0, 0.1) is 13.8 Å². The smallest absolute Gasteiger partial charge is 0.213 e. The van der Waals surface area contributed by atoms with Crippen LogP contribution in [0.4, 0.5) is 0 Å². The molecule has 0 spiro atoms. The SMILES string of the molecule is COc1csc(C(=O)c2sc(C)cc2C)c1. The number of carbonyl (C=O) groups excluding carboxylic acids is 1. The number of ketones is 1. The molecule has 2 aromatic rings. The highest BCUT2D eigenvalue weighted by Gasteiger charge is 2.16. The van der Waals surface area contributed by atoms with Crippen LogP contribution in [0.25, 0.3) is 0 Å². The van der Waals surface area contributed by atoms with E-state index in [4.69, 9.17) is 4.74 Å². The van der Waals surface area contributed by atoms with Gasteiger partial charge in [0.2, 0.25) is 5.78 Å². The van der Waals surface area contributed by atoms with Gasteiger partial charge in [0.15, 0.2) is 0 Å². The maximum absolute atomic E-state index is 12.2. The lowest BCUT2D eigenvalue weighted by Crippen LogP contribution is -1.96. The lowest BCUT2D eigenvalue weighted by atomic mass is 10.2. The molecule has 0 aliphatic rings. The van der Waals surface area contributed by atoms with Crippen molar-refractivity contribution >= 4 is 28.5 Å². The zero-order chi connectivity index (χ0) is 11.7. The molecule has 0 saturated heterocycles. The summed E-state index contributed by atoms with van der Waals surface area (Å²) >= 11 is 2.98. The van der Waals surface area contributed by atoms with E-state index in [0.717, 1.165) is 21.1 Å². The molecule has 0 radical (unpaired) electrons. The van der Waals surface area contributed by atoms with Crippen molar-refractivity contribution in [2.75, 3.05) is 7.11 Å². The van der Waals surface area contributed by atoms with Crippen LogP contribution in [0.15, 0.2) is 17.5 Å². The molecule has 2 aromatic heterocycles. The van der Waals surface area contributed by atoms with Gasteiger partial charge in [0.25, 0.3) is 0 Å². The molecule has 0 aliphatic heterocycles. The first kappa shape index (κ1) is 11.4. The second-order valence-corrected chi connectivity index (χ2v) is 5.72. The summed E-state index contributed by atoms with van der Waals surface area (Å²) in [7, 11) is 1.61. The average Bonchev–Trinajstić information content (AvgIpc) is 2.84. The molecular weight excluding hydrogens is 240 g/mol. The van der Waals surface area contributed by atoms with E-state index in [2.05, 4.69) is 0 Å². The Morgan fingerprint density at radius 3 is 2.56 bits per heavy atom. The summed E-state index contributed by atoms with van der Waals surface area (Å²) < 4.78 is 5.08. The number of methoxy groups -OCH3 is 1. The highest BCUT2D eigenvalue weighted by Crippen LogP contribution is 2.28. The number of rotatable bonds is 3. The molecule has 84 valence electrons. The highest BCUT2D eigenvalue weighted by molar-refractivity contribution is 7.17. The Bertz CT molecular complexity index is 523. The molecular formula is C12H12O2S2. The molecule has 2 heterocycles. The van der Waals surface area contributed by atoms with Crippen molar-refractivity contribution in [3.63, 3.8) is 0 Å². The fourth-order valence-corrected chi connectivity index (χ4v) is 3.37. The van der Waals surface area contributed by atoms with E-state index in [1.165, 1.54) is 16.2 Å².